The molecule has 0 aliphatic carbocycles. The smallest absolute Gasteiger partial charge is 0.0842 e. The number of aromatic nitrogens is 2. The van der Waals surface area contributed by atoms with Crippen molar-refractivity contribution in [1.82, 2.24) is 15.2 Å². The van der Waals surface area contributed by atoms with Crippen LogP contribution in [0.3, 0.4) is 0 Å². The van der Waals surface area contributed by atoms with Crippen molar-refractivity contribution in [2.24, 2.45) is 12.9 Å². The lowest BCUT2D eigenvalue weighted by Crippen LogP contribution is -2.55. The molecule has 0 fully saturated rings. The lowest BCUT2D eigenvalue weighted by molar-refractivity contribution is -0.0476. The van der Waals surface area contributed by atoms with Gasteiger partial charge in [0, 0.05) is 26.3 Å². The lowest BCUT2D eigenvalue weighted by atomic mass is 9.85. The van der Waals surface area contributed by atoms with E-state index < -0.39 is 0 Å². The molecule has 1 atom stereocenters. The highest BCUT2D eigenvalue weighted by Crippen LogP contribution is 2.26. The molecule has 0 saturated carbocycles. The number of nitrogens with one attached hydrogen (secondary N) is 1. The number of hydrazine groups is 1. The Labute approximate surface area is 110 Å². The lowest BCUT2D eigenvalue weighted by Gasteiger charge is -2.38. The SMILES string of the molecule is CCC(CC)(OC)C(Cc1cc(C)nn1C)NN. The fourth-order valence-electron chi connectivity index (χ4n) is 2.63. The van der Waals surface area contributed by atoms with Gasteiger partial charge in [0.15, 0.2) is 0 Å². The van der Waals surface area contributed by atoms with Crippen LogP contribution >= 0.6 is 0 Å². The number of methoxy groups -OCH3 is 1. The van der Waals surface area contributed by atoms with Gasteiger partial charge in [-0.2, -0.15) is 5.10 Å². The average Bonchev–Trinajstić information content (AvgIpc) is 2.69. The van der Waals surface area contributed by atoms with Crippen molar-refractivity contribution in [1.29, 1.82) is 0 Å². The molecule has 0 spiro atoms. The van der Waals surface area contributed by atoms with Crippen LogP contribution in [0.2, 0.25) is 0 Å². The van der Waals surface area contributed by atoms with Gasteiger partial charge in [-0.1, -0.05) is 13.8 Å². The average molecular weight is 254 g/mol. The Hall–Kier alpha value is -0.910. The van der Waals surface area contributed by atoms with E-state index in [2.05, 4.69) is 30.4 Å². The van der Waals surface area contributed by atoms with Gasteiger partial charge < -0.3 is 4.74 Å². The largest absolute Gasteiger partial charge is 0.377 e. The van der Waals surface area contributed by atoms with Crippen molar-refractivity contribution >= 4 is 0 Å². The van der Waals surface area contributed by atoms with Crippen molar-refractivity contribution in [3.05, 3.63) is 17.5 Å². The highest BCUT2D eigenvalue weighted by molar-refractivity contribution is 5.12. The van der Waals surface area contributed by atoms with E-state index in [1.807, 2.05) is 18.7 Å². The molecule has 1 heterocycles. The zero-order valence-electron chi connectivity index (χ0n) is 12.2. The normalized spacial score (nSPS) is 13.9. The molecule has 0 aromatic carbocycles. The van der Waals surface area contributed by atoms with Crippen molar-refractivity contribution in [3.8, 4) is 0 Å². The number of hydrogen-bond donors (Lipinski definition) is 2. The van der Waals surface area contributed by atoms with Crippen LogP contribution in [-0.2, 0) is 18.2 Å². The highest BCUT2D eigenvalue weighted by atomic mass is 16.5. The Bertz CT molecular complexity index is 363. The molecule has 104 valence electrons. The Morgan fingerprint density at radius 3 is 2.44 bits per heavy atom. The molecule has 1 aromatic rings. The molecular weight excluding hydrogens is 228 g/mol. The van der Waals surface area contributed by atoms with E-state index in [1.54, 1.807) is 7.11 Å². The number of hydrogen-bond acceptors (Lipinski definition) is 4. The van der Waals surface area contributed by atoms with Crippen LogP contribution in [0, 0.1) is 6.92 Å². The summed E-state index contributed by atoms with van der Waals surface area (Å²) >= 11 is 0. The second-order valence-corrected chi connectivity index (χ2v) is 4.80. The molecule has 5 heteroatoms. The maximum atomic E-state index is 5.74. The van der Waals surface area contributed by atoms with Crippen LogP contribution in [0.1, 0.15) is 38.1 Å². The van der Waals surface area contributed by atoms with Crippen LogP contribution in [0.4, 0.5) is 0 Å². The number of nitrogens with zero attached hydrogens (tertiary/aromatic N) is 2. The predicted octanol–water partition coefficient (Wildman–Crippen LogP) is 1.31. The standard InChI is InChI=1S/C13H26N4O/c1-6-13(7-2,18-5)12(15-14)9-11-8-10(3)16-17(11)4/h8,12,15H,6-7,9,14H2,1-5H3. The summed E-state index contributed by atoms with van der Waals surface area (Å²) in [5.74, 6) is 5.73. The Morgan fingerprint density at radius 2 is 2.11 bits per heavy atom. The van der Waals surface area contributed by atoms with E-state index in [0.717, 1.165) is 25.0 Å². The summed E-state index contributed by atoms with van der Waals surface area (Å²) in [6.45, 7) is 6.26. The first-order valence-corrected chi connectivity index (χ1v) is 6.53. The maximum Gasteiger partial charge on any atom is 0.0842 e. The second kappa shape index (κ2) is 6.31. The van der Waals surface area contributed by atoms with E-state index in [0.29, 0.717) is 0 Å². The van der Waals surface area contributed by atoms with Gasteiger partial charge in [-0.05, 0) is 25.8 Å². The van der Waals surface area contributed by atoms with Crippen molar-refractivity contribution in [2.75, 3.05) is 7.11 Å². The third-order valence-corrected chi connectivity index (χ3v) is 3.95. The Kier molecular flexibility index (Phi) is 5.31. The molecule has 0 aliphatic heterocycles. The van der Waals surface area contributed by atoms with E-state index in [4.69, 9.17) is 10.6 Å². The fourth-order valence-corrected chi connectivity index (χ4v) is 2.63. The third-order valence-electron chi connectivity index (χ3n) is 3.95. The van der Waals surface area contributed by atoms with Crippen LogP contribution in [-0.4, -0.2) is 28.5 Å². The molecule has 18 heavy (non-hydrogen) atoms. The van der Waals surface area contributed by atoms with Gasteiger partial charge in [-0.25, -0.2) is 0 Å². The quantitative estimate of drug-likeness (QED) is 0.569. The molecule has 5 nitrogen and oxygen atoms in total. The van der Waals surface area contributed by atoms with Crippen LogP contribution < -0.4 is 11.3 Å². The van der Waals surface area contributed by atoms with Crippen molar-refractivity contribution in [3.63, 3.8) is 0 Å². The van der Waals surface area contributed by atoms with Crippen molar-refractivity contribution in [2.45, 2.75) is 51.7 Å². The topological polar surface area (TPSA) is 65.1 Å². The molecule has 0 amide bonds. The molecular formula is C13H26N4O. The minimum absolute atomic E-state index is 0.0762. The minimum atomic E-state index is -0.229. The van der Waals surface area contributed by atoms with Crippen LogP contribution in [0.5, 0.6) is 0 Å². The van der Waals surface area contributed by atoms with E-state index in [-0.39, 0.29) is 11.6 Å². The molecule has 1 rings (SSSR count). The van der Waals surface area contributed by atoms with Gasteiger partial charge >= 0.3 is 0 Å². The Balaban J connectivity index is 2.93. The number of aryl methyl sites for hydroxylation is 2. The number of rotatable bonds is 7. The summed E-state index contributed by atoms with van der Waals surface area (Å²) in [4.78, 5) is 0. The van der Waals surface area contributed by atoms with Gasteiger partial charge in [0.05, 0.1) is 17.3 Å². The van der Waals surface area contributed by atoms with Gasteiger partial charge in [-0.15, -0.1) is 0 Å². The highest BCUT2D eigenvalue weighted by Gasteiger charge is 2.35. The third kappa shape index (κ3) is 2.91. The zero-order chi connectivity index (χ0) is 13.8. The van der Waals surface area contributed by atoms with Crippen molar-refractivity contribution < 1.29 is 4.74 Å². The molecule has 1 aromatic heterocycles. The molecule has 0 saturated heterocycles. The molecule has 1 unspecified atom stereocenters. The first-order chi connectivity index (χ1) is 8.52. The fraction of sp³-hybridized carbons (Fsp3) is 0.769. The van der Waals surface area contributed by atoms with Gasteiger partial charge in [0.2, 0.25) is 0 Å². The zero-order valence-corrected chi connectivity index (χ0v) is 12.2. The van der Waals surface area contributed by atoms with E-state index >= 15 is 0 Å². The first-order valence-electron chi connectivity index (χ1n) is 6.53. The molecule has 0 radical (unpaired) electrons. The summed E-state index contributed by atoms with van der Waals surface area (Å²) in [7, 11) is 3.72. The monoisotopic (exact) mass is 254 g/mol. The van der Waals surface area contributed by atoms with E-state index in [1.165, 1.54) is 5.69 Å². The predicted molar refractivity (Wildman–Crippen MR) is 73.1 cm³/mol. The molecule has 0 aliphatic rings. The molecule has 0 bridgehead atoms. The summed E-state index contributed by atoms with van der Waals surface area (Å²) in [5.41, 5.74) is 4.88. The summed E-state index contributed by atoms with van der Waals surface area (Å²) < 4.78 is 7.64. The van der Waals surface area contributed by atoms with E-state index in [9.17, 15) is 0 Å². The van der Waals surface area contributed by atoms with Gasteiger partial charge in [-0.3, -0.25) is 16.0 Å². The van der Waals surface area contributed by atoms with Crippen LogP contribution in [0.25, 0.3) is 0 Å². The number of nitrogens with two attached hydrogens (primary N) is 1. The van der Waals surface area contributed by atoms with Gasteiger partial charge in [0.1, 0.15) is 0 Å². The van der Waals surface area contributed by atoms with Crippen LogP contribution in [0.15, 0.2) is 6.07 Å². The summed E-state index contributed by atoms with van der Waals surface area (Å²) in [6.07, 6.45) is 2.65. The van der Waals surface area contributed by atoms with Gasteiger partial charge in [0.25, 0.3) is 0 Å². The first kappa shape index (κ1) is 15.1. The summed E-state index contributed by atoms with van der Waals surface area (Å²) in [6, 6.07) is 2.17. The maximum absolute atomic E-state index is 5.74. The molecule has 3 N–H and O–H groups in total. The Morgan fingerprint density at radius 1 is 1.50 bits per heavy atom. The minimum Gasteiger partial charge on any atom is -0.377 e. The summed E-state index contributed by atoms with van der Waals surface area (Å²) in [5, 5.41) is 4.37. The number of ether oxygens (including phenoxy) is 1. The second-order valence-electron chi connectivity index (χ2n) is 4.80.